The van der Waals surface area contributed by atoms with Gasteiger partial charge in [-0.05, 0) is 60.4 Å². The number of aromatic carboxylic acids is 2. The van der Waals surface area contributed by atoms with E-state index < -0.39 is 11.9 Å². The molecular weight excluding hydrogens is 340 g/mol. The zero-order valence-corrected chi connectivity index (χ0v) is 16.1. The van der Waals surface area contributed by atoms with Gasteiger partial charge in [-0.25, -0.2) is 9.59 Å². The molecule has 0 aliphatic carbocycles. The first-order valence-electron chi connectivity index (χ1n) is 9.67. The van der Waals surface area contributed by atoms with Crippen LogP contribution < -0.4 is 0 Å². The van der Waals surface area contributed by atoms with Crippen molar-refractivity contribution in [3.05, 3.63) is 69.8 Å². The number of rotatable bonds is 10. The SMILES string of the molecule is CCCCc1cc(C(=O)O)c(C(=O)O)c(Cc2ccccc2)c1CCCC. The average Bonchev–Trinajstić information content (AvgIpc) is 2.65. The van der Waals surface area contributed by atoms with Gasteiger partial charge in [0.25, 0.3) is 0 Å². The van der Waals surface area contributed by atoms with Crippen LogP contribution in [0.25, 0.3) is 0 Å². The molecule has 2 aromatic carbocycles. The highest BCUT2D eigenvalue weighted by atomic mass is 16.4. The number of aryl methyl sites for hydroxylation is 1. The molecule has 144 valence electrons. The number of carboxylic acids is 2. The topological polar surface area (TPSA) is 74.6 Å². The predicted octanol–water partition coefficient (Wildman–Crippen LogP) is 5.36. The van der Waals surface area contributed by atoms with Crippen molar-refractivity contribution in [1.82, 2.24) is 0 Å². The van der Waals surface area contributed by atoms with Crippen LogP contribution in [0.2, 0.25) is 0 Å². The third-order valence-electron chi connectivity index (χ3n) is 4.89. The lowest BCUT2D eigenvalue weighted by molar-refractivity contribution is 0.0650. The van der Waals surface area contributed by atoms with Gasteiger partial charge in [-0.1, -0.05) is 57.0 Å². The molecule has 0 aromatic heterocycles. The van der Waals surface area contributed by atoms with Gasteiger partial charge < -0.3 is 10.2 Å². The van der Waals surface area contributed by atoms with E-state index in [0.29, 0.717) is 12.0 Å². The molecule has 0 fully saturated rings. The number of carboxylic acid groups (broad SMARTS) is 2. The van der Waals surface area contributed by atoms with Crippen molar-refractivity contribution in [2.45, 2.75) is 58.8 Å². The molecule has 0 heterocycles. The summed E-state index contributed by atoms with van der Waals surface area (Å²) in [6.07, 6.45) is 5.89. The number of unbranched alkanes of at least 4 members (excludes halogenated alkanes) is 2. The monoisotopic (exact) mass is 368 g/mol. The second kappa shape index (κ2) is 9.91. The first-order valence-corrected chi connectivity index (χ1v) is 9.67. The summed E-state index contributed by atoms with van der Waals surface area (Å²) in [4.78, 5) is 23.8. The standard InChI is InChI=1S/C23H28O4/c1-3-5-12-17-15-20(22(24)25)21(23(26)27)19(18(17)13-6-4-2)14-16-10-8-7-9-11-16/h7-11,15H,3-6,12-14H2,1-2H3,(H,24,25)(H,26,27). The molecule has 4 heteroatoms. The van der Waals surface area contributed by atoms with Gasteiger partial charge in [-0.2, -0.15) is 0 Å². The van der Waals surface area contributed by atoms with Crippen LogP contribution in [0.5, 0.6) is 0 Å². The number of hydrogen-bond donors (Lipinski definition) is 2. The summed E-state index contributed by atoms with van der Waals surface area (Å²) in [6, 6.07) is 11.3. The van der Waals surface area contributed by atoms with Crippen LogP contribution in [-0.4, -0.2) is 22.2 Å². The van der Waals surface area contributed by atoms with Gasteiger partial charge in [0.1, 0.15) is 0 Å². The summed E-state index contributed by atoms with van der Waals surface area (Å²) in [5.74, 6) is -2.35. The summed E-state index contributed by atoms with van der Waals surface area (Å²) >= 11 is 0. The molecule has 2 aromatic rings. The van der Waals surface area contributed by atoms with E-state index in [9.17, 15) is 19.8 Å². The minimum absolute atomic E-state index is 0.0577. The van der Waals surface area contributed by atoms with E-state index in [-0.39, 0.29) is 11.1 Å². The van der Waals surface area contributed by atoms with Crippen LogP contribution in [0.15, 0.2) is 36.4 Å². The number of hydrogen-bond acceptors (Lipinski definition) is 2. The Morgan fingerprint density at radius 3 is 2.04 bits per heavy atom. The Balaban J connectivity index is 2.72. The van der Waals surface area contributed by atoms with E-state index >= 15 is 0 Å². The predicted molar refractivity (Wildman–Crippen MR) is 107 cm³/mol. The van der Waals surface area contributed by atoms with E-state index in [1.165, 1.54) is 0 Å². The average molecular weight is 368 g/mol. The molecule has 0 amide bonds. The molecule has 27 heavy (non-hydrogen) atoms. The van der Waals surface area contributed by atoms with Gasteiger partial charge >= 0.3 is 11.9 Å². The molecule has 0 spiro atoms. The van der Waals surface area contributed by atoms with Crippen LogP contribution in [0.4, 0.5) is 0 Å². The minimum atomic E-state index is -1.18. The number of benzene rings is 2. The van der Waals surface area contributed by atoms with Gasteiger partial charge in [-0.3, -0.25) is 0 Å². The van der Waals surface area contributed by atoms with Gasteiger partial charge in [0, 0.05) is 0 Å². The summed E-state index contributed by atoms with van der Waals surface area (Å²) in [5, 5.41) is 19.5. The molecule has 0 unspecified atom stereocenters. The highest BCUT2D eigenvalue weighted by Crippen LogP contribution is 2.29. The Labute approximate surface area is 160 Å². The van der Waals surface area contributed by atoms with E-state index in [4.69, 9.17) is 0 Å². The van der Waals surface area contributed by atoms with Crippen LogP contribution >= 0.6 is 0 Å². The van der Waals surface area contributed by atoms with Crippen molar-refractivity contribution >= 4 is 11.9 Å². The third kappa shape index (κ3) is 5.19. The maximum absolute atomic E-state index is 12.0. The Bertz CT molecular complexity index is 794. The number of carbonyl (C=O) groups is 2. The van der Waals surface area contributed by atoms with E-state index in [2.05, 4.69) is 13.8 Å². The lowest BCUT2D eigenvalue weighted by Gasteiger charge is -2.20. The van der Waals surface area contributed by atoms with Crippen molar-refractivity contribution in [1.29, 1.82) is 0 Å². The quantitative estimate of drug-likeness (QED) is 0.592. The smallest absolute Gasteiger partial charge is 0.336 e. The fraction of sp³-hybridized carbons (Fsp3) is 0.391. The molecule has 2 N–H and O–H groups in total. The van der Waals surface area contributed by atoms with E-state index in [0.717, 1.165) is 55.2 Å². The Morgan fingerprint density at radius 1 is 0.852 bits per heavy atom. The first kappa shape index (κ1) is 20.7. The van der Waals surface area contributed by atoms with Crippen LogP contribution in [0, 0.1) is 0 Å². The normalized spacial score (nSPS) is 10.7. The molecule has 0 bridgehead atoms. The summed E-state index contributed by atoms with van der Waals surface area (Å²) in [6.45, 7) is 4.20. The van der Waals surface area contributed by atoms with E-state index in [1.807, 2.05) is 30.3 Å². The molecule has 0 saturated carbocycles. The van der Waals surface area contributed by atoms with Crippen molar-refractivity contribution in [2.75, 3.05) is 0 Å². The molecule has 4 nitrogen and oxygen atoms in total. The lowest BCUT2D eigenvalue weighted by atomic mass is 9.84. The Kier molecular flexibility index (Phi) is 7.59. The van der Waals surface area contributed by atoms with Crippen molar-refractivity contribution in [3.8, 4) is 0 Å². The van der Waals surface area contributed by atoms with Gasteiger partial charge in [0.05, 0.1) is 11.1 Å². The van der Waals surface area contributed by atoms with Crippen LogP contribution in [-0.2, 0) is 19.3 Å². The first-order chi connectivity index (χ1) is 13.0. The fourth-order valence-corrected chi connectivity index (χ4v) is 3.50. The lowest BCUT2D eigenvalue weighted by Crippen LogP contribution is -2.16. The zero-order chi connectivity index (χ0) is 19.8. The fourth-order valence-electron chi connectivity index (χ4n) is 3.50. The zero-order valence-electron chi connectivity index (χ0n) is 16.1. The summed E-state index contributed by atoms with van der Waals surface area (Å²) in [5.41, 5.74) is 3.50. The van der Waals surface area contributed by atoms with Gasteiger partial charge in [0.15, 0.2) is 0 Å². The van der Waals surface area contributed by atoms with Crippen molar-refractivity contribution in [2.24, 2.45) is 0 Å². The summed E-state index contributed by atoms with van der Waals surface area (Å²) in [7, 11) is 0. The third-order valence-corrected chi connectivity index (χ3v) is 4.89. The highest BCUT2D eigenvalue weighted by Gasteiger charge is 2.25. The molecule has 0 radical (unpaired) electrons. The molecule has 0 atom stereocenters. The molecule has 0 aliphatic rings. The van der Waals surface area contributed by atoms with Crippen LogP contribution in [0.1, 0.15) is 82.5 Å². The molecule has 2 rings (SSSR count). The highest BCUT2D eigenvalue weighted by molar-refractivity contribution is 6.03. The van der Waals surface area contributed by atoms with Gasteiger partial charge in [0.2, 0.25) is 0 Å². The van der Waals surface area contributed by atoms with Crippen molar-refractivity contribution < 1.29 is 19.8 Å². The second-order valence-electron chi connectivity index (χ2n) is 6.90. The van der Waals surface area contributed by atoms with Crippen molar-refractivity contribution in [3.63, 3.8) is 0 Å². The Hall–Kier alpha value is -2.62. The largest absolute Gasteiger partial charge is 0.478 e. The molecule has 0 aliphatic heterocycles. The maximum Gasteiger partial charge on any atom is 0.336 e. The summed E-state index contributed by atoms with van der Waals surface area (Å²) < 4.78 is 0. The second-order valence-corrected chi connectivity index (χ2v) is 6.90. The van der Waals surface area contributed by atoms with Crippen LogP contribution in [0.3, 0.4) is 0 Å². The minimum Gasteiger partial charge on any atom is -0.478 e. The maximum atomic E-state index is 12.0. The Morgan fingerprint density at radius 2 is 1.48 bits per heavy atom. The molecular formula is C23H28O4. The van der Waals surface area contributed by atoms with E-state index in [1.54, 1.807) is 6.07 Å². The molecule has 0 saturated heterocycles. The van der Waals surface area contributed by atoms with Gasteiger partial charge in [-0.15, -0.1) is 0 Å².